The van der Waals surface area contributed by atoms with Gasteiger partial charge in [-0.15, -0.1) is 0 Å². The zero-order chi connectivity index (χ0) is 52.6. The van der Waals surface area contributed by atoms with Crippen LogP contribution in [-0.4, -0.2) is 137 Å². The maximum Gasteiger partial charge on any atom is 0.482 e. The van der Waals surface area contributed by atoms with Crippen LogP contribution in [0, 0.1) is 23.2 Å². The number of benzene rings is 2. The van der Waals surface area contributed by atoms with Crippen molar-refractivity contribution in [3.8, 4) is 0 Å². The molecule has 2 aromatic heterocycles. The molecule has 0 spiro atoms. The lowest BCUT2D eigenvalue weighted by atomic mass is 9.43. The summed E-state index contributed by atoms with van der Waals surface area (Å²) in [6.45, 7) is 19.9. The second-order valence-electron chi connectivity index (χ2n) is 21.3. The third-order valence-corrected chi connectivity index (χ3v) is 15.6. The average molecular weight is 1020 g/mol. The van der Waals surface area contributed by atoms with E-state index in [-0.39, 0.29) is 67.4 Å². The highest BCUT2D eigenvalue weighted by molar-refractivity contribution is 6.48. The number of carbonyl (C=O) groups is 4. The van der Waals surface area contributed by atoms with Gasteiger partial charge in [0.2, 0.25) is 11.8 Å². The van der Waals surface area contributed by atoms with E-state index in [1.54, 1.807) is 22.3 Å². The molecule has 8 atom stereocenters. The normalized spacial score (nSPS) is 23.9. The first-order valence-electron chi connectivity index (χ1n) is 25.7. The summed E-state index contributed by atoms with van der Waals surface area (Å²) >= 11 is 0. The molecule has 6 aliphatic rings. The second kappa shape index (κ2) is 25.3. The number of furan rings is 2. The van der Waals surface area contributed by atoms with Crippen LogP contribution in [0.3, 0.4) is 0 Å². The Bertz CT molecular complexity index is 2550. The zero-order valence-electron chi connectivity index (χ0n) is 42.8. The number of nitrogens with one attached hydrogen (secondary N) is 4. The molecule has 18 nitrogen and oxygen atoms in total. The molecule has 2 aromatic carbocycles. The molecule has 5 heterocycles. The van der Waals surface area contributed by atoms with Gasteiger partial charge in [0.25, 0.3) is 0 Å². The quantitative estimate of drug-likeness (QED) is 0.0500. The molecule has 3 saturated heterocycles. The van der Waals surface area contributed by atoms with E-state index in [4.69, 9.17) is 28.2 Å². The monoisotopic (exact) mass is 1020 g/mol. The predicted molar refractivity (Wildman–Crippen MR) is 287 cm³/mol. The Balaban J connectivity index is 0.000000219. The van der Waals surface area contributed by atoms with Crippen molar-refractivity contribution in [2.24, 2.45) is 23.2 Å². The fraction of sp³-hybridized carbons (Fsp3) is 0.547. The Kier molecular flexibility index (Phi) is 19.7. The van der Waals surface area contributed by atoms with Crippen molar-refractivity contribution in [1.29, 1.82) is 0 Å². The van der Waals surface area contributed by atoms with Gasteiger partial charge in [0, 0.05) is 49.0 Å². The molecule has 3 aliphatic carbocycles. The van der Waals surface area contributed by atoms with Crippen LogP contribution in [0.5, 0.6) is 0 Å². The Labute approximate surface area is 436 Å². The Morgan fingerprint density at radius 3 is 1.77 bits per heavy atom. The third-order valence-electron chi connectivity index (χ3n) is 15.6. The fourth-order valence-corrected chi connectivity index (χ4v) is 11.6. The highest BCUT2D eigenvalue weighted by atomic mass is 16.7. The molecule has 3 saturated carbocycles. The maximum atomic E-state index is 13.2. The van der Waals surface area contributed by atoms with Gasteiger partial charge in [0.1, 0.15) is 11.2 Å². The topological polar surface area (TPSA) is 249 Å². The van der Waals surface area contributed by atoms with Gasteiger partial charge in [-0.2, -0.15) is 0 Å². The summed E-state index contributed by atoms with van der Waals surface area (Å²) < 4.78 is 24.6. The van der Waals surface area contributed by atoms with Crippen LogP contribution in [0.1, 0.15) is 91.7 Å². The van der Waals surface area contributed by atoms with Crippen LogP contribution >= 0.6 is 0 Å². The molecule has 6 amide bonds. The molecular weight excluding hydrogens is 945 g/mol. The van der Waals surface area contributed by atoms with Crippen molar-refractivity contribution < 1.29 is 57.4 Å². The van der Waals surface area contributed by atoms with Crippen LogP contribution in [0.4, 0.5) is 9.59 Å². The summed E-state index contributed by atoms with van der Waals surface area (Å²) in [4.78, 5) is 52.9. The molecule has 4 aromatic rings. The number of urea groups is 2. The maximum absolute atomic E-state index is 13.2. The summed E-state index contributed by atoms with van der Waals surface area (Å²) in [6, 6.07) is 14.4. The average Bonchev–Trinajstić information content (AvgIpc) is 4.22. The number of rotatable bonds is 16. The lowest BCUT2D eigenvalue weighted by Gasteiger charge is -2.64. The van der Waals surface area contributed by atoms with E-state index in [2.05, 4.69) is 55.2 Å². The standard InChI is InChI=1S/C29H38BN3O5.C19H24BN3O5.C4H11BO2.CH4/c1-5-26(34)33-12-8-9-20(33)16-31-27(35)32-25(13-18-17-36-22-11-7-6-10-21(18)22)30-37-24-15-19-14-23(28(19,2)3)29(24,4)38-30;1-2-18(24)23-9-5-6-14(23)11-21-19(25)22-17(20(26)27)10-13-12-28-16-8-4-3-7-15(13)16;1-4(2)3-5(6)7;/h5-7,10-11,17,19-20,23-25H,1,8-9,12-16H2,2-4H3,(H2,31,32,35);2-4,7-8,12,14,17,26-27H,1,5-6,9-11H2,(H2,21,22,25);4,6-7H,3H2,1-2H3;1H4/t19-,20+,23-,24+,25-,29-;14-,17+;;/m01../s1. The number of amides is 6. The van der Waals surface area contributed by atoms with Crippen LogP contribution in [0.15, 0.2) is 95.2 Å². The van der Waals surface area contributed by atoms with E-state index in [1.165, 1.54) is 18.6 Å². The van der Waals surface area contributed by atoms with E-state index >= 15 is 0 Å². The molecule has 10 rings (SSSR count). The number of carbonyl (C=O) groups excluding carboxylic acids is 4. The van der Waals surface area contributed by atoms with Crippen molar-refractivity contribution >= 4 is 67.2 Å². The summed E-state index contributed by atoms with van der Waals surface area (Å²) in [6.07, 6.45) is 12.7. The molecule has 74 heavy (non-hydrogen) atoms. The minimum absolute atomic E-state index is 0. The summed E-state index contributed by atoms with van der Waals surface area (Å²) in [5.41, 5.74) is 3.15. The van der Waals surface area contributed by atoms with Gasteiger partial charge in [-0.1, -0.05) is 84.7 Å². The van der Waals surface area contributed by atoms with Crippen LogP contribution in [0.2, 0.25) is 6.32 Å². The number of nitrogens with zero attached hydrogens (tertiary/aromatic N) is 2. The van der Waals surface area contributed by atoms with Crippen molar-refractivity contribution in [2.75, 3.05) is 26.2 Å². The van der Waals surface area contributed by atoms with E-state index < -0.39 is 39.3 Å². The van der Waals surface area contributed by atoms with Crippen molar-refractivity contribution in [1.82, 2.24) is 31.1 Å². The zero-order valence-corrected chi connectivity index (χ0v) is 42.8. The minimum Gasteiger partial charge on any atom is -0.464 e. The van der Waals surface area contributed by atoms with Crippen LogP contribution < -0.4 is 21.3 Å². The first-order valence-corrected chi connectivity index (χ1v) is 25.7. The van der Waals surface area contributed by atoms with Gasteiger partial charge in [0.15, 0.2) is 0 Å². The Morgan fingerprint density at radius 1 is 0.784 bits per heavy atom. The lowest BCUT2D eigenvalue weighted by molar-refractivity contribution is -0.199. The van der Waals surface area contributed by atoms with E-state index in [1.807, 2.05) is 62.4 Å². The number of hydrogen-bond donors (Lipinski definition) is 8. The molecule has 0 unspecified atom stereocenters. The predicted octanol–water partition coefficient (Wildman–Crippen LogP) is 5.67. The number of para-hydroxylation sites is 2. The molecule has 6 fully saturated rings. The van der Waals surface area contributed by atoms with E-state index in [9.17, 15) is 29.2 Å². The number of likely N-dealkylation sites (tertiary alicyclic amines) is 2. The fourth-order valence-electron chi connectivity index (χ4n) is 11.6. The molecule has 400 valence electrons. The number of hydrogen-bond acceptors (Lipinski definition) is 12. The molecule has 0 radical (unpaired) electrons. The van der Waals surface area contributed by atoms with E-state index in [0.717, 1.165) is 59.6 Å². The smallest absolute Gasteiger partial charge is 0.464 e. The van der Waals surface area contributed by atoms with Gasteiger partial charge in [0.05, 0.1) is 36.1 Å². The molecule has 2 bridgehead atoms. The van der Waals surface area contributed by atoms with Gasteiger partial charge in [-0.05, 0) is 123 Å². The Morgan fingerprint density at radius 2 is 1.30 bits per heavy atom. The first kappa shape index (κ1) is 57.7. The van der Waals surface area contributed by atoms with Crippen molar-refractivity contribution in [3.63, 3.8) is 0 Å². The largest absolute Gasteiger partial charge is 0.482 e. The molecule has 3 aliphatic heterocycles. The highest BCUT2D eigenvalue weighted by Gasteiger charge is 2.68. The molecular formula is C53H77B3N6O12. The third kappa shape index (κ3) is 13.4. The SMILES string of the molecule is C.C=CC(=O)N1CCC[C@@H]1CNC(=O)N[C@@H](Cc1coc2ccccc12)B(O)O.C=CC(=O)N1CCC[C@@H]1CNC(=O)N[C@@H](Cc1coc2ccccc12)B1O[C@@H]2C[C@@H]3C[C@@H](C3(C)C)[C@]2(C)O1.CC(C)CB(O)O. The van der Waals surface area contributed by atoms with Crippen LogP contribution in [0.25, 0.3) is 21.9 Å². The Hall–Kier alpha value is -5.57. The first-order chi connectivity index (χ1) is 34.8. The van der Waals surface area contributed by atoms with E-state index in [0.29, 0.717) is 55.7 Å². The molecule has 21 heteroatoms. The minimum atomic E-state index is -1.73. The summed E-state index contributed by atoms with van der Waals surface area (Å²) in [5, 5.41) is 49.2. The summed E-state index contributed by atoms with van der Waals surface area (Å²) in [7, 11) is -3.42. The van der Waals surface area contributed by atoms with Crippen molar-refractivity contribution in [2.45, 2.75) is 135 Å². The number of fused-ring (bicyclic) bond motifs is 2. The van der Waals surface area contributed by atoms with Crippen molar-refractivity contribution in [3.05, 3.63) is 97.5 Å². The second-order valence-corrected chi connectivity index (χ2v) is 21.3. The lowest BCUT2D eigenvalue weighted by Crippen LogP contribution is -2.65. The van der Waals surface area contributed by atoms with Gasteiger partial charge in [-0.3, -0.25) is 9.59 Å². The van der Waals surface area contributed by atoms with Gasteiger partial charge in [-0.25, -0.2) is 9.59 Å². The van der Waals surface area contributed by atoms with Gasteiger partial charge < -0.3 is 69.3 Å². The summed E-state index contributed by atoms with van der Waals surface area (Å²) in [5.74, 6) is -0.106. The molecule has 8 N–H and O–H groups in total. The highest BCUT2D eigenvalue weighted by Crippen LogP contribution is 2.65. The van der Waals surface area contributed by atoms with Crippen LogP contribution in [-0.2, 0) is 31.7 Å². The van der Waals surface area contributed by atoms with Gasteiger partial charge >= 0.3 is 33.4 Å².